The van der Waals surface area contributed by atoms with Crippen LogP contribution in [-0.4, -0.2) is 46.9 Å². The third kappa shape index (κ3) is 4.62. The number of carboxylic acid groups (broad SMARTS) is 1. The molecule has 8 nitrogen and oxygen atoms in total. The second-order valence-corrected chi connectivity index (χ2v) is 7.21. The van der Waals surface area contributed by atoms with Gasteiger partial charge in [-0.25, -0.2) is 8.42 Å². The van der Waals surface area contributed by atoms with Crippen LogP contribution in [0.25, 0.3) is 0 Å². The van der Waals surface area contributed by atoms with E-state index in [9.17, 15) is 18.3 Å². The van der Waals surface area contributed by atoms with Crippen molar-refractivity contribution in [2.45, 2.75) is 11.8 Å². The number of anilines is 1. The molecule has 0 heterocycles. The van der Waals surface area contributed by atoms with Crippen molar-refractivity contribution in [3.8, 4) is 17.2 Å². The predicted octanol–water partition coefficient (Wildman–Crippen LogP) is 2.38. The number of hydrogen-bond donors (Lipinski definition) is 1. The monoisotopic (exact) mass is 395 g/mol. The molecule has 146 valence electrons. The van der Waals surface area contributed by atoms with Crippen LogP contribution in [0.4, 0.5) is 5.69 Å². The third-order valence-corrected chi connectivity index (χ3v) is 5.44. The maximum Gasteiger partial charge on any atom is 0.324 e. The van der Waals surface area contributed by atoms with Crippen molar-refractivity contribution in [2.75, 3.05) is 31.7 Å². The van der Waals surface area contributed by atoms with E-state index in [4.69, 9.17) is 14.2 Å². The van der Waals surface area contributed by atoms with Crippen LogP contribution in [0.3, 0.4) is 0 Å². The molecule has 0 saturated carbocycles. The summed E-state index contributed by atoms with van der Waals surface area (Å²) in [5.41, 5.74) is 0.143. The van der Waals surface area contributed by atoms with E-state index in [0.717, 1.165) is 4.31 Å². The molecule has 0 unspecified atom stereocenters. The molecular formula is C18H21NO7S. The third-order valence-electron chi connectivity index (χ3n) is 3.66. The fourth-order valence-electron chi connectivity index (χ4n) is 2.42. The van der Waals surface area contributed by atoms with E-state index in [1.807, 2.05) is 6.92 Å². The van der Waals surface area contributed by atoms with Crippen LogP contribution in [0.1, 0.15) is 6.92 Å². The Hall–Kier alpha value is -2.94. The van der Waals surface area contributed by atoms with Crippen molar-refractivity contribution >= 4 is 21.7 Å². The number of nitrogens with zero attached hydrogens (tertiary/aromatic N) is 1. The van der Waals surface area contributed by atoms with Crippen LogP contribution in [0, 0.1) is 0 Å². The summed E-state index contributed by atoms with van der Waals surface area (Å²) in [5, 5.41) is 9.21. The van der Waals surface area contributed by atoms with Gasteiger partial charge in [0.25, 0.3) is 10.0 Å². The molecule has 0 aliphatic heterocycles. The Morgan fingerprint density at radius 3 is 2.19 bits per heavy atom. The average Bonchev–Trinajstić information content (AvgIpc) is 2.66. The molecule has 0 radical (unpaired) electrons. The van der Waals surface area contributed by atoms with Crippen LogP contribution < -0.4 is 18.5 Å². The smallest absolute Gasteiger partial charge is 0.324 e. The zero-order chi connectivity index (χ0) is 20.0. The Balaban J connectivity index is 2.50. The van der Waals surface area contributed by atoms with E-state index in [-0.39, 0.29) is 16.3 Å². The summed E-state index contributed by atoms with van der Waals surface area (Å²) in [6.45, 7) is 1.52. The van der Waals surface area contributed by atoms with Gasteiger partial charge in [0.2, 0.25) is 0 Å². The highest BCUT2D eigenvalue weighted by Gasteiger charge is 2.28. The Kier molecular flexibility index (Phi) is 6.51. The fraction of sp³-hybridized carbons (Fsp3) is 0.278. The van der Waals surface area contributed by atoms with Crippen LogP contribution in [-0.2, 0) is 14.8 Å². The second kappa shape index (κ2) is 8.63. The molecule has 0 fully saturated rings. The number of methoxy groups -OCH3 is 2. The summed E-state index contributed by atoms with van der Waals surface area (Å²) >= 11 is 0. The molecule has 2 aromatic rings. The Labute approximate surface area is 157 Å². The molecule has 0 bridgehead atoms. The van der Waals surface area contributed by atoms with Gasteiger partial charge in [0.05, 0.1) is 31.4 Å². The van der Waals surface area contributed by atoms with Crippen molar-refractivity contribution in [1.82, 2.24) is 0 Å². The van der Waals surface area contributed by atoms with Gasteiger partial charge in [-0.3, -0.25) is 9.10 Å². The summed E-state index contributed by atoms with van der Waals surface area (Å²) in [4.78, 5) is 11.2. The van der Waals surface area contributed by atoms with Crippen LogP contribution in [0.5, 0.6) is 17.2 Å². The highest BCUT2D eigenvalue weighted by Crippen LogP contribution is 2.34. The maximum atomic E-state index is 13.0. The molecule has 0 aliphatic carbocycles. The van der Waals surface area contributed by atoms with Crippen molar-refractivity contribution in [3.05, 3.63) is 42.5 Å². The minimum Gasteiger partial charge on any atom is -0.494 e. The molecular weight excluding hydrogens is 374 g/mol. The molecule has 2 aromatic carbocycles. The first-order chi connectivity index (χ1) is 12.8. The summed E-state index contributed by atoms with van der Waals surface area (Å²) < 4.78 is 42.5. The quantitative estimate of drug-likeness (QED) is 0.695. The van der Waals surface area contributed by atoms with E-state index >= 15 is 0 Å². The normalized spacial score (nSPS) is 10.9. The Morgan fingerprint density at radius 1 is 1.04 bits per heavy atom. The highest BCUT2D eigenvalue weighted by atomic mass is 32.2. The van der Waals surface area contributed by atoms with Crippen molar-refractivity contribution in [1.29, 1.82) is 0 Å². The lowest BCUT2D eigenvalue weighted by Gasteiger charge is -2.23. The number of rotatable bonds is 9. The average molecular weight is 395 g/mol. The van der Waals surface area contributed by atoms with Gasteiger partial charge in [0.15, 0.2) is 11.5 Å². The first-order valence-electron chi connectivity index (χ1n) is 8.03. The zero-order valence-corrected chi connectivity index (χ0v) is 16.0. The standard InChI is InChI=1S/C18H21NO7S/c1-4-26-14-6-8-15(9-7-14)27(22,23)19(12-18(20)21)13-5-10-16(24-2)17(11-13)25-3/h5-11H,4,12H2,1-3H3,(H,20,21). The van der Waals surface area contributed by atoms with Gasteiger partial charge in [0.1, 0.15) is 12.3 Å². The molecule has 0 saturated heterocycles. The van der Waals surface area contributed by atoms with Gasteiger partial charge in [-0.05, 0) is 43.3 Å². The first kappa shape index (κ1) is 20.4. The molecule has 0 aliphatic rings. The topological polar surface area (TPSA) is 102 Å². The fourth-order valence-corrected chi connectivity index (χ4v) is 3.83. The van der Waals surface area contributed by atoms with Gasteiger partial charge in [0, 0.05) is 6.07 Å². The number of aliphatic carboxylic acids is 1. The van der Waals surface area contributed by atoms with Crippen LogP contribution in [0.15, 0.2) is 47.4 Å². The van der Waals surface area contributed by atoms with Crippen LogP contribution in [0.2, 0.25) is 0 Å². The Morgan fingerprint density at radius 2 is 1.67 bits per heavy atom. The minimum atomic E-state index is -4.12. The van der Waals surface area contributed by atoms with E-state index in [1.165, 1.54) is 56.7 Å². The Bertz CT molecular complexity index is 894. The summed E-state index contributed by atoms with van der Waals surface area (Å²) in [5.74, 6) is -0.0890. The minimum absolute atomic E-state index is 0.0537. The molecule has 0 atom stereocenters. The molecule has 27 heavy (non-hydrogen) atoms. The van der Waals surface area contributed by atoms with Crippen molar-refractivity contribution < 1.29 is 32.5 Å². The van der Waals surface area contributed by atoms with E-state index in [2.05, 4.69) is 0 Å². The SMILES string of the molecule is CCOc1ccc(S(=O)(=O)N(CC(=O)O)c2ccc(OC)c(OC)c2)cc1. The maximum absolute atomic E-state index is 13.0. The number of carboxylic acids is 1. The lowest BCUT2D eigenvalue weighted by Crippen LogP contribution is -2.35. The molecule has 0 aromatic heterocycles. The van der Waals surface area contributed by atoms with Crippen molar-refractivity contribution in [3.63, 3.8) is 0 Å². The predicted molar refractivity (Wildman–Crippen MR) is 99.3 cm³/mol. The lowest BCUT2D eigenvalue weighted by atomic mass is 10.2. The van der Waals surface area contributed by atoms with Gasteiger partial charge in [-0.2, -0.15) is 0 Å². The molecule has 0 spiro atoms. The van der Waals surface area contributed by atoms with Gasteiger partial charge in [-0.15, -0.1) is 0 Å². The summed E-state index contributed by atoms with van der Waals surface area (Å²) in [6, 6.07) is 10.2. The summed E-state index contributed by atoms with van der Waals surface area (Å²) in [7, 11) is -1.27. The molecule has 1 N–H and O–H groups in total. The number of carbonyl (C=O) groups is 1. The number of benzene rings is 2. The number of sulfonamides is 1. The molecule has 2 rings (SSSR count). The van der Waals surface area contributed by atoms with Crippen LogP contribution >= 0.6 is 0 Å². The van der Waals surface area contributed by atoms with Gasteiger partial charge >= 0.3 is 5.97 Å². The van der Waals surface area contributed by atoms with E-state index in [1.54, 1.807) is 0 Å². The van der Waals surface area contributed by atoms with E-state index in [0.29, 0.717) is 18.1 Å². The highest BCUT2D eigenvalue weighted by molar-refractivity contribution is 7.92. The van der Waals surface area contributed by atoms with E-state index < -0.39 is 22.5 Å². The first-order valence-corrected chi connectivity index (χ1v) is 9.47. The van der Waals surface area contributed by atoms with Crippen molar-refractivity contribution in [2.24, 2.45) is 0 Å². The lowest BCUT2D eigenvalue weighted by molar-refractivity contribution is -0.135. The van der Waals surface area contributed by atoms with Gasteiger partial charge < -0.3 is 19.3 Å². The number of ether oxygens (including phenoxy) is 3. The largest absolute Gasteiger partial charge is 0.494 e. The molecule has 9 heteroatoms. The number of hydrogen-bond acceptors (Lipinski definition) is 6. The zero-order valence-electron chi connectivity index (χ0n) is 15.2. The van der Waals surface area contributed by atoms with Gasteiger partial charge in [-0.1, -0.05) is 0 Å². The summed E-state index contributed by atoms with van der Waals surface area (Å²) in [6.07, 6.45) is 0. The second-order valence-electron chi connectivity index (χ2n) is 5.35. The molecule has 0 amide bonds.